The SMILES string of the molecule is CC1(C)c2ccccc2-c2c1ccc1c2c2cc3c4ccccc4n(-c4ccccc4)c3c3c4ccccc4n1c23. The number of rotatable bonds is 1. The van der Waals surface area contributed by atoms with E-state index in [4.69, 9.17) is 0 Å². The third-order valence-electron chi connectivity index (χ3n) is 9.82. The second-order valence-electron chi connectivity index (χ2n) is 12.1. The molecule has 3 heterocycles. The first-order valence-electron chi connectivity index (χ1n) is 14.5. The summed E-state index contributed by atoms with van der Waals surface area (Å²) in [6.45, 7) is 4.75. The van der Waals surface area contributed by atoms with Crippen molar-refractivity contribution in [2.75, 3.05) is 0 Å². The lowest BCUT2D eigenvalue weighted by molar-refractivity contribution is 0.661. The monoisotopic (exact) mass is 522 g/mol. The van der Waals surface area contributed by atoms with Gasteiger partial charge in [0.2, 0.25) is 0 Å². The molecule has 0 saturated carbocycles. The molecule has 2 nitrogen and oxygen atoms in total. The molecule has 0 saturated heterocycles. The highest BCUT2D eigenvalue weighted by Crippen LogP contribution is 2.55. The normalized spacial score (nSPS) is 14.3. The van der Waals surface area contributed by atoms with Crippen LogP contribution in [0.25, 0.3) is 76.7 Å². The number of hydrogen-bond donors (Lipinski definition) is 0. The van der Waals surface area contributed by atoms with Gasteiger partial charge in [0.15, 0.2) is 0 Å². The molecular formula is C39H26N2. The summed E-state index contributed by atoms with van der Waals surface area (Å²) in [6.07, 6.45) is 0. The molecule has 0 unspecified atom stereocenters. The summed E-state index contributed by atoms with van der Waals surface area (Å²) in [5.41, 5.74) is 13.2. The van der Waals surface area contributed by atoms with Crippen LogP contribution in [0.5, 0.6) is 0 Å². The second kappa shape index (κ2) is 7.16. The molecule has 0 aliphatic heterocycles. The fourth-order valence-electron chi connectivity index (χ4n) is 8.13. The van der Waals surface area contributed by atoms with Gasteiger partial charge in [0, 0.05) is 43.4 Å². The van der Waals surface area contributed by atoms with E-state index >= 15 is 0 Å². The zero-order chi connectivity index (χ0) is 27.0. The summed E-state index contributed by atoms with van der Waals surface area (Å²) in [5, 5.41) is 7.97. The Morgan fingerprint density at radius 3 is 2.05 bits per heavy atom. The van der Waals surface area contributed by atoms with Gasteiger partial charge < -0.3 is 8.97 Å². The quantitative estimate of drug-likeness (QED) is 0.203. The Balaban J connectivity index is 1.54. The number of aromatic nitrogens is 2. The van der Waals surface area contributed by atoms with Gasteiger partial charge >= 0.3 is 0 Å². The topological polar surface area (TPSA) is 9.34 Å². The fraction of sp³-hybridized carbons (Fsp3) is 0.0769. The van der Waals surface area contributed by atoms with E-state index in [0.29, 0.717) is 0 Å². The highest BCUT2D eigenvalue weighted by molar-refractivity contribution is 6.35. The predicted molar refractivity (Wildman–Crippen MR) is 173 cm³/mol. The van der Waals surface area contributed by atoms with Gasteiger partial charge in [-0.15, -0.1) is 0 Å². The highest BCUT2D eigenvalue weighted by Gasteiger charge is 2.37. The molecule has 1 aliphatic carbocycles. The molecule has 0 bridgehead atoms. The maximum absolute atomic E-state index is 2.54. The van der Waals surface area contributed by atoms with Crippen LogP contribution in [0, 0.1) is 0 Å². The minimum Gasteiger partial charge on any atom is -0.309 e. The summed E-state index contributed by atoms with van der Waals surface area (Å²) < 4.78 is 5.02. The molecule has 3 aromatic heterocycles. The van der Waals surface area contributed by atoms with E-state index in [0.717, 1.165) is 0 Å². The van der Waals surface area contributed by atoms with Crippen molar-refractivity contribution in [2.24, 2.45) is 0 Å². The van der Waals surface area contributed by atoms with Gasteiger partial charge in [0.05, 0.1) is 27.6 Å². The molecule has 0 N–H and O–H groups in total. The van der Waals surface area contributed by atoms with Gasteiger partial charge in [-0.1, -0.05) is 98.8 Å². The Morgan fingerprint density at radius 1 is 0.488 bits per heavy atom. The van der Waals surface area contributed by atoms with Crippen molar-refractivity contribution in [3.8, 4) is 16.8 Å². The molecule has 0 amide bonds. The maximum atomic E-state index is 2.54. The average molecular weight is 523 g/mol. The summed E-state index contributed by atoms with van der Waals surface area (Å²) in [6, 6.07) is 45.0. The zero-order valence-corrected chi connectivity index (χ0v) is 22.9. The van der Waals surface area contributed by atoms with Gasteiger partial charge in [0.1, 0.15) is 0 Å². The lowest BCUT2D eigenvalue weighted by Gasteiger charge is -2.21. The van der Waals surface area contributed by atoms with Crippen molar-refractivity contribution in [2.45, 2.75) is 19.3 Å². The Bertz CT molecular complexity index is 2540. The Hall–Kier alpha value is -5.08. The van der Waals surface area contributed by atoms with E-state index in [2.05, 4.69) is 144 Å². The van der Waals surface area contributed by atoms with E-state index in [1.54, 1.807) is 0 Å². The number of fused-ring (bicyclic) bond motifs is 14. The molecule has 0 atom stereocenters. The van der Waals surface area contributed by atoms with Crippen LogP contribution in [-0.4, -0.2) is 8.97 Å². The lowest BCUT2D eigenvalue weighted by Crippen LogP contribution is -2.14. The highest BCUT2D eigenvalue weighted by atomic mass is 15.0. The smallest absolute Gasteiger partial charge is 0.0642 e. The molecule has 0 fully saturated rings. The van der Waals surface area contributed by atoms with Gasteiger partial charge in [-0.25, -0.2) is 0 Å². The van der Waals surface area contributed by atoms with Gasteiger partial charge in [-0.3, -0.25) is 0 Å². The largest absolute Gasteiger partial charge is 0.309 e. The number of benzene rings is 6. The Morgan fingerprint density at radius 2 is 1.20 bits per heavy atom. The number of para-hydroxylation sites is 3. The zero-order valence-electron chi connectivity index (χ0n) is 22.9. The minimum atomic E-state index is -0.0349. The van der Waals surface area contributed by atoms with Crippen molar-refractivity contribution >= 4 is 59.9 Å². The van der Waals surface area contributed by atoms with Crippen LogP contribution in [0.2, 0.25) is 0 Å². The van der Waals surface area contributed by atoms with Crippen molar-refractivity contribution in [1.82, 2.24) is 8.97 Å². The lowest BCUT2D eigenvalue weighted by atomic mass is 9.82. The number of hydrogen-bond acceptors (Lipinski definition) is 0. The molecule has 0 radical (unpaired) electrons. The standard InChI is InChI=1S/C39H26N2/c1-39(2)29-17-9-6-15-25(29)34-30(39)20-21-33-35(34)28-22-27-24-14-7-10-18-31(24)40(23-12-4-3-5-13-23)37(27)36-26-16-8-11-19-32(26)41(33)38(28)36/h3-22H,1-2H3. The molecular weight excluding hydrogens is 496 g/mol. The van der Waals surface area contributed by atoms with Crippen molar-refractivity contribution < 1.29 is 0 Å². The summed E-state index contributed by atoms with van der Waals surface area (Å²) in [5.74, 6) is 0. The van der Waals surface area contributed by atoms with Gasteiger partial charge in [-0.2, -0.15) is 0 Å². The van der Waals surface area contributed by atoms with Crippen LogP contribution >= 0.6 is 0 Å². The first kappa shape index (κ1) is 21.7. The third-order valence-corrected chi connectivity index (χ3v) is 9.82. The van der Waals surface area contributed by atoms with Gasteiger partial charge in [0.25, 0.3) is 0 Å². The van der Waals surface area contributed by atoms with Crippen molar-refractivity contribution in [3.05, 3.63) is 132 Å². The first-order chi connectivity index (χ1) is 20.1. The second-order valence-corrected chi connectivity index (χ2v) is 12.1. The predicted octanol–water partition coefficient (Wildman–Crippen LogP) is 10.2. The van der Waals surface area contributed by atoms with Crippen LogP contribution in [-0.2, 0) is 5.41 Å². The van der Waals surface area contributed by atoms with Crippen LogP contribution in [0.3, 0.4) is 0 Å². The fourth-order valence-corrected chi connectivity index (χ4v) is 8.13. The van der Waals surface area contributed by atoms with E-state index in [1.807, 2.05) is 0 Å². The molecule has 9 aromatic rings. The maximum Gasteiger partial charge on any atom is 0.0642 e. The molecule has 0 spiro atoms. The van der Waals surface area contributed by atoms with E-state index in [9.17, 15) is 0 Å². The summed E-state index contributed by atoms with van der Waals surface area (Å²) >= 11 is 0. The van der Waals surface area contributed by atoms with Crippen LogP contribution in [0.15, 0.2) is 121 Å². The minimum absolute atomic E-state index is 0.0349. The van der Waals surface area contributed by atoms with E-state index in [1.165, 1.54) is 87.8 Å². The molecule has 192 valence electrons. The van der Waals surface area contributed by atoms with Crippen LogP contribution in [0.4, 0.5) is 0 Å². The summed E-state index contributed by atoms with van der Waals surface area (Å²) in [4.78, 5) is 0. The summed E-state index contributed by atoms with van der Waals surface area (Å²) in [7, 11) is 0. The molecule has 6 aromatic carbocycles. The molecule has 2 heteroatoms. The average Bonchev–Trinajstić information content (AvgIpc) is 3.70. The Kier molecular flexibility index (Phi) is 3.79. The first-order valence-corrected chi connectivity index (χ1v) is 14.5. The van der Waals surface area contributed by atoms with Gasteiger partial charge in [-0.05, 0) is 58.7 Å². The Labute approximate surface area is 237 Å². The van der Waals surface area contributed by atoms with Crippen molar-refractivity contribution in [3.63, 3.8) is 0 Å². The molecule has 10 rings (SSSR count). The third kappa shape index (κ3) is 2.43. The van der Waals surface area contributed by atoms with E-state index in [-0.39, 0.29) is 5.41 Å². The number of nitrogens with zero attached hydrogens (tertiary/aromatic N) is 2. The van der Waals surface area contributed by atoms with Crippen molar-refractivity contribution in [1.29, 1.82) is 0 Å². The van der Waals surface area contributed by atoms with E-state index < -0.39 is 0 Å². The molecule has 1 aliphatic rings. The molecule has 41 heavy (non-hydrogen) atoms. The van der Waals surface area contributed by atoms with Crippen LogP contribution < -0.4 is 0 Å². The van der Waals surface area contributed by atoms with Crippen LogP contribution in [0.1, 0.15) is 25.0 Å².